The number of rotatable bonds is 5. The van der Waals surface area contributed by atoms with E-state index < -0.39 is 0 Å². The van der Waals surface area contributed by atoms with Gasteiger partial charge in [-0.3, -0.25) is 4.79 Å². The van der Waals surface area contributed by atoms with Crippen LogP contribution in [0.25, 0.3) is 10.1 Å². The first-order valence-corrected chi connectivity index (χ1v) is 10.8. The van der Waals surface area contributed by atoms with Crippen molar-refractivity contribution in [2.75, 3.05) is 14.1 Å². The van der Waals surface area contributed by atoms with Crippen molar-refractivity contribution in [3.8, 4) is 5.88 Å². The number of ether oxygens (including phenoxy) is 1. The van der Waals surface area contributed by atoms with Crippen LogP contribution in [0, 0.1) is 5.92 Å². The number of carbonyl (C=O) groups excluding carboxylic acids is 1. The number of primary amides is 1. The Morgan fingerprint density at radius 1 is 1.30 bits per heavy atom. The molecule has 0 unspecified atom stereocenters. The number of hydrogen-bond acceptors (Lipinski definition) is 5. The zero-order valence-electron chi connectivity index (χ0n) is 16.2. The molecule has 2 aromatic heterocycles. The molecule has 27 heavy (non-hydrogen) atoms. The minimum atomic E-state index is -0.199. The fourth-order valence-electron chi connectivity index (χ4n) is 4.65. The van der Waals surface area contributed by atoms with Crippen LogP contribution in [0.2, 0.25) is 0 Å². The lowest BCUT2D eigenvalue weighted by Crippen LogP contribution is -2.35. The Morgan fingerprint density at radius 2 is 2.07 bits per heavy atom. The molecule has 2 aromatic rings. The fourth-order valence-corrected chi connectivity index (χ4v) is 5.89. The Balaban J connectivity index is 1.56. The number of nitrogens with two attached hydrogens (primary N) is 1. The second kappa shape index (κ2) is 7.76. The molecule has 0 bridgehead atoms. The predicted octanol–water partition coefficient (Wildman–Crippen LogP) is 3.53. The van der Waals surface area contributed by atoms with Crippen LogP contribution in [0.15, 0.2) is 12.3 Å². The third kappa shape index (κ3) is 3.97. The number of hydrogen-bond donors (Lipinski definition) is 1. The van der Waals surface area contributed by atoms with Crippen molar-refractivity contribution in [1.82, 2.24) is 9.88 Å². The maximum absolute atomic E-state index is 11.4. The van der Waals surface area contributed by atoms with Crippen LogP contribution < -0.4 is 10.5 Å². The van der Waals surface area contributed by atoms with E-state index in [2.05, 4.69) is 30.0 Å². The fraction of sp³-hybridized carbons (Fsp3) is 0.619. The van der Waals surface area contributed by atoms with Crippen LogP contribution in [-0.2, 0) is 17.6 Å². The molecule has 2 N–H and O–H groups in total. The molecule has 0 aliphatic heterocycles. The van der Waals surface area contributed by atoms with E-state index in [1.807, 2.05) is 17.5 Å². The first kappa shape index (κ1) is 18.7. The average molecular weight is 388 g/mol. The molecule has 1 amide bonds. The van der Waals surface area contributed by atoms with Crippen molar-refractivity contribution >= 4 is 27.3 Å². The lowest BCUT2D eigenvalue weighted by molar-refractivity contribution is -0.119. The summed E-state index contributed by atoms with van der Waals surface area (Å²) in [5.41, 5.74) is 6.79. The van der Waals surface area contributed by atoms with Gasteiger partial charge >= 0.3 is 0 Å². The zero-order chi connectivity index (χ0) is 19.0. The molecule has 1 saturated carbocycles. The van der Waals surface area contributed by atoms with Crippen LogP contribution in [0.5, 0.6) is 5.88 Å². The molecule has 0 saturated heterocycles. The van der Waals surface area contributed by atoms with Crippen molar-refractivity contribution in [3.05, 3.63) is 22.7 Å². The zero-order valence-corrected chi connectivity index (χ0v) is 17.1. The molecule has 5 nitrogen and oxygen atoms in total. The van der Waals surface area contributed by atoms with Gasteiger partial charge in [0.1, 0.15) is 6.10 Å². The number of thiophene rings is 1. The van der Waals surface area contributed by atoms with Crippen molar-refractivity contribution in [1.29, 1.82) is 0 Å². The van der Waals surface area contributed by atoms with Gasteiger partial charge in [-0.1, -0.05) is 0 Å². The predicted molar refractivity (Wildman–Crippen MR) is 109 cm³/mol. The van der Waals surface area contributed by atoms with Gasteiger partial charge in [0, 0.05) is 28.2 Å². The van der Waals surface area contributed by atoms with Gasteiger partial charge in [0.05, 0.1) is 5.39 Å². The van der Waals surface area contributed by atoms with Crippen molar-refractivity contribution in [3.63, 3.8) is 0 Å². The molecule has 0 aromatic carbocycles. The van der Waals surface area contributed by atoms with Crippen LogP contribution in [0.1, 0.15) is 49.0 Å². The van der Waals surface area contributed by atoms with Gasteiger partial charge in [-0.2, -0.15) is 0 Å². The topological polar surface area (TPSA) is 68.4 Å². The molecular formula is C21H29N3O2S. The highest BCUT2D eigenvalue weighted by Gasteiger charge is 2.28. The van der Waals surface area contributed by atoms with E-state index in [1.54, 1.807) is 0 Å². The van der Waals surface area contributed by atoms with Gasteiger partial charge in [-0.15, -0.1) is 11.3 Å². The summed E-state index contributed by atoms with van der Waals surface area (Å²) in [7, 11) is 4.32. The largest absolute Gasteiger partial charge is 0.474 e. The summed E-state index contributed by atoms with van der Waals surface area (Å²) in [5.74, 6) is 0.935. The van der Waals surface area contributed by atoms with Gasteiger partial charge in [0.2, 0.25) is 11.8 Å². The van der Waals surface area contributed by atoms with E-state index in [0.29, 0.717) is 18.4 Å². The van der Waals surface area contributed by atoms with E-state index in [-0.39, 0.29) is 12.0 Å². The van der Waals surface area contributed by atoms with Gasteiger partial charge in [-0.05, 0) is 76.6 Å². The summed E-state index contributed by atoms with van der Waals surface area (Å²) >= 11 is 1.86. The normalized spacial score (nSPS) is 25.5. The number of aryl methyl sites for hydroxylation is 1. The molecule has 6 heteroatoms. The van der Waals surface area contributed by atoms with Gasteiger partial charge in [0.25, 0.3) is 0 Å². The summed E-state index contributed by atoms with van der Waals surface area (Å²) in [4.78, 5) is 19.7. The van der Waals surface area contributed by atoms with Gasteiger partial charge in [-0.25, -0.2) is 4.98 Å². The van der Waals surface area contributed by atoms with Crippen LogP contribution >= 0.6 is 11.3 Å². The Bertz CT molecular complexity index is 824. The van der Waals surface area contributed by atoms with Crippen molar-refractivity contribution in [2.24, 2.45) is 11.7 Å². The number of nitrogens with zero attached hydrogens (tertiary/aromatic N) is 2. The number of amides is 1. The van der Waals surface area contributed by atoms with Crippen LogP contribution in [0.3, 0.4) is 0 Å². The number of carbonyl (C=O) groups is 1. The second-order valence-electron chi connectivity index (χ2n) is 8.28. The van der Waals surface area contributed by atoms with Crippen LogP contribution in [0.4, 0.5) is 0 Å². The highest BCUT2D eigenvalue weighted by atomic mass is 32.1. The first-order chi connectivity index (χ1) is 13.0. The van der Waals surface area contributed by atoms with Gasteiger partial charge < -0.3 is 15.4 Å². The average Bonchev–Trinajstić information content (AvgIpc) is 3.00. The quantitative estimate of drug-likeness (QED) is 0.852. The number of aromatic nitrogens is 1. The Hall–Kier alpha value is -1.66. The molecule has 2 aliphatic carbocycles. The number of pyridine rings is 1. The summed E-state index contributed by atoms with van der Waals surface area (Å²) in [5, 5.41) is 1.18. The minimum Gasteiger partial charge on any atom is -0.474 e. The lowest BCUT2D eigenvalue weighted by atomic mass is 9.85. The first-order valence-electron chi connectivity index (χ1n) is 10.0. The van der Waals surface area contributed by atoms with E-state index in [0.717, 1.165) is 38.0 Å². The molecular weight excluding hydrogens is 358 g/mol. The van der Waals surface area contributed by atoms with Gasteiger partial charge in [0.15, 0.2) is 0 Å². The maximum atomic E-state index is 11.4. The molecule has 0 spiro atoms. The standard InChI is InChI=1S/C21H29N3O2S/c1-24(2)14-4-6-15(7-5-14)26-21-20-16-11-13(12-19(22)25)3-8-17(16)27-18(20)9-10-23-21/h9-10,13-15H,3-8,11-12H2,1-2H3,(H2,22,25)/t13-,14-,15-/m0/s1. The number of fused-ring (bicyclic) bond motifs is 3. The van der Waals surface area contributed by atoms with E-state index >= 15 is 0 Å². The Morgan fingerprint density at radius 3 is 2.78 bits per heavy atom. The van der Waals surface area contributed by atoms with Crippen molar-refractivity contribution in [2.45, 2.75) is 63.5 Å². The van der Waals surface area contributed by atoms with E-state index in [9.17, 15) is 4.79 Å². The molecule has 1 fully saturated rings. The molecule has 0 radical (unpaired) electrons. The summed E-state index contributed by atoms with van der Waals surface area (Å²) in [6, 6.07) is 2.76. The SMILES string of the molecule is CN(C)[C@H]1CC[C@H](Oc2nccc3sc4c(c23)C[C@@H](CC(N)=O)CC4)CC1. The maximum Gasteiger partial charge on any atom is 0.222 e. The highest BCUT2D eigenvalue weighted by Crippen LogP contribution is 2.42. The third-order valence-corrected chi connectivity index (χ3v) is 7.42. The lowest BCUT2D eigenvalue weighted by Gasteiger charge is -2.32. The smallest absolute Gasteiger partial charge is 0.222 e. The Kier molecular flexibility index (Phi) is 5.37. The third-order valence-electron chi connectivity index (χ3n) is 6.16. The van der Waals surface area contributed by atoms with E-state index in [4.69, 9.17) is 10.5 Å². The highest BCUT2D eigenvalue weighted by molar-refractivity contribution is 7.19. The van der Waals surface area contributed by atoms with E-state index in [1.165, 1.54) is 33.4 Å². The monoisotopic (exact) mass is 387 g/mol. The molecule has 146 valence electrons. The summed E-state index contributed by atoms with van der Waals surface area (Å²) in [6.07, 6.45) is 10.1. The second-order valence-corrected chi connectivity index (χ2v) is 9.42. The molecule has 1 atom stereocenters. The molecule has 2 heterocycles. The minimum absolute atomic E-state index is 0.199. The van der Waals surface area contributed by atoms with Crippen molar-refractivity contribution < 1.29 is 9.53 Å². The van der Waals surface area contributed by atoms with Crippen LogP contribution in [-0.4, -0.2) is 42.0 Å². The summed E-state index contributed by atoms with van der Waals surface area (Å²) < 4.78 is 7.68. The Labute approximate surface area is 164 Å². The molecule has 4 rings (SSSR count). The summed E-state index contributed by atoms with van der Waals surface area (Å²) in [6.45, 7) is 0. The molecule has 2 aliphatic rings.